The minimum Gasteiger partial charge on any atom is -0.377 e. The minimum absolute atomic E-state index is 0.0346. The fraction of sp³-hybridized carbons (Fsp3) is 0.800. The van der Waals surface area contributed by atoms with Crippen LogP contribution in [0.25, 0.3) is 0 Å². The molecular formula is C10H18N4O3S. The van der Waals surface area contributed by atoms with Gasteiger partial charge in [0.25, 0.3) is 0 Å². The number of ether oxygens (including phenoxy) is 1. The molecule has 0 spiro atoms. The Labute approximate surface area is 107 Å². The average molecular weight is 274 g/mol. The first-order valence-electron chi connectivity index (χ1n) is 5.91. The van der Waals surface area contributed by atoms with Crippen LogP contribution in [0.1, 0.15) is 24.5 Å². The highest BCUT2D eigenvalue weighted by Crippen LogP contribution is 2.16. The van der Waals surface area contributed by atoms with Crippen molar-refractivity contribution in [3.63, 3.8) is 0 Å². The standard InChI is InChI=1S/C10H18N4O3S/c1-8-11-10(13-12-8)6-14(2)18(15,16)7-9-4-3-5-17-9/h9H,3-7H2,1-2H3,(H,11,12,13). The zero-order valence-electron chi connectivity index (χ0n) is 10.6. The van der Waals surface area contributed by atoms with Crippen molar-refractivity contribution in [1.29, 1.82) is 0 Å². The number of aromatic amines is 1. The normalized spacial score (nSPS) is 20.7. The number of sulfonamides is 1. The van der Waals surface area contributed by atoms with E-state index in [-0.39, 0.29) is 18.4 Å². The molecule has 1 atom stereocenters. The summed E-state index contributed by atoms with van der Waals surface area (Å²) in [7, 11) is -1.78. The lowest BCUT2D eigenvalue weighted by Gasteiger charge is -2.17. The van der Waals surface area contributed by atoms with Crippen molar-refractivity contribution in [1.82, 2.24) is 19.5 Å². The molecule has 102 valence electrons. The summed E-state index contributed by atoms with van der Waals surface area (Å²) in [6.07, 6.45) is 1.57. The van der Waals surface area contributed by atoms with Crippen LogP contribution in [0.15, 0.2) is 0 Å². The quantitative estimate of drug-likeness (QED) is 0.820. The number of hydrogen-bond donors (Lipinski definition) is 1. The minimum atomic E-state index is -3.32. The van der Waals surface area contributed by atoms with Crippen molar-refractivity contribution in [3.05, 3.63) is 11.6 Å². The third kappa shape index (κ3) is 3.27. The second kappa shape index (κ2) is 5.33. The van der Waals surface area contributed by atoms with E-state index in [0.717, 1.165) is 12.8 Å². The van der Waals surface area contributed by atoms with Gasteiger partial charge in [-0.1, -0.05) is 0 Å². The van der Waals surface area contributed by atoms with Crippen LogP contribution in [0.5, 0.6) is 0 Å². The number of nitrogens with one attached hydrogen (secondary N) is 1. The summed E-state index contributed by atoms with van der Waals surface area (Å²) in [5.74, 6) is 1.19. The van der Waals surface area contributed by atoms with Gasteiger partial charge in [-0.3, -0.25) is 5.10 Å². The van der Waals surface area contributed by atoms with Crippen LogP contribution < -0.4 is 0 Å². The number of rotatable bonds is 5. The van der Waals surface area contributed by atoms with Gasteiger partial charge in [-0.2, -0.15) is 9.40 Å². The highest BCUT2D eigenvalue weighted by Gasteiger charge is 2.27. The van der Waals surface area contributed by atoms with Gasteiger partial charge >= 0.3 is 0 Å². The van der Waals surface area contributed by atoms with Crippen LogP contribution in [-0.2, 0) is 21.3 Å². The van der Waals surface area contributed by atoms with Crippen molar-refractivity contribution in [2.24, 2.45) is 0 Å². The molecule has 1 aliphatic rings. The smallest absolute Gasteiger partial charge is 0.216 e. The number of H-pyrrole nitrogens is 1. The molecule has 0 amide bonds. The van der Waals surface area contributed by atoms with Crippen LogP contribution in [0.3, 0.4) is 0 Å². The van der Waals surface area contributed by atoms with Crippen molar-refractivity contribution in [2.75, 3.05) is 19.4 Å². The zero-order valence-corrected chi connectivity index (χ0v) is 11.4. The van der Waals surface area contributed by atoms with Crippen LogP contribution in [0.4, 0.5) is 0 Å². The summed E-state index contributed by atoms with van der Waals surface area (Å²) < 4.78 is 30.8. The highest BCUT2D eigenvalue weighted by atomic mass is 32.2. The number of hydrogen-bond acceptors (Lipinski definition) is 5. The average Bonchev–Trinajstić information content (AvgIpc) is 2.90. The first kappa shape index (κ1) is 13.4. The third-order valence-electron chi connectivity index (χ3n) is 2.90. The molecule has 18 heavy (non-hydrogen) atoms. The molecule has 8 heteroatoms. The van der Waals surface area contributed by atoms with Crippen molar-refractivity contribution in [3.8, 4) is 0 Å². The van der Waals surface area contributed by atoms with Crippen LogP contribution in [0.2, 0.25) is 0 Å². The zero-order chi connectivity index (χ0) is 13.2. The molecule has 2 heterocycles. The molecule has 1 aromatic rings. The Balaban J connectivity index is 1.96. The molecule has 0 aliphatic carbocycles. The van der Waals surface area contributed by atoms with E-state index < -0.39 is 10.0 Å². The van der Waals surface area contributed by atoms with Gasteiger partial charge in [0.15, 0.2) is 5.82 Å². The van der Waals surface area contributed by atoms with Gasteiger partial charge in [0.1, 0.15) is 5.82 Å². The van der Waals surface area contributed by atoms with E-state index in [4.69, 9.17) is 4.74 Å². The lowest BCUT2D eigenvalue weighted by atomic mass is 10.3. The summed E-state index contributed by atoms with van der Waals surface area (Å²) in [4.78, 5) is 4.09. The Bertz CT molecular complexity index is 493. The second-order valence-electron chi connectivity index (χ2n) is 4.51. The molecule has 1 unspecified atom stereocenters. The Hall–Kier alpha value is -0.990. The summed E-state index contributed by atoms with van der Waals surface area (Å²) >= 11 is 0. The highest BCUT2D eigenvalue weighted by molar-refractivity contribution is 7.89. The molecule has 2 rings (SSSR count). The first-order chi connectivity index (χ1) is 8.47. The molecule has 0 bridgehead atoms. The number of aromatic nitrogens is 3. The maximum absolute atomic E-state index is 12.1. The van der Waals surface area contributed by atoms with Gasteiger partial charge in [-0.15, -0.1) is 0 Å². The lowest BCUT2D eigenvalue weighted by molar-refractivity contribution is 0.126. The van der Waals surface area contributed by atoms with Gasteiger partial charge in [0.2, 0.25) is 10.0 Å². The van der Waals surface area contributed by atoms with Gasteiger partial charge < -0.3 is 4.74 Å². The number of nitrogens with zero attached hydrogens (tertiary/aromatic N) is 3. The first-order valence-corrected chi connectivity index (χ1v) is 7.52. The SMILES string of the molecule is Cc1nc(CN(C)S(=O)(=O)CC2CCCO2)n[nH]1. The molecule has 1 saturated heterocycles. The van der Waals surface area contributed by atoms with E-state index in [1.165, 1.54) is 11.4 Å². The van der Waals surface area contributed by atoms with E-state index in [1.54, 1.807) is 6.92 Å². The topological polar surface area (TPSA) is 88.2 Å². The molecular weight excluding hydrogens is 256 g/mol. The van der Waals surface area contributed by atoms with E-state index in [1.807, 2.05) is 0 Å². The van der Waals surface area contributed by atoms with Crippen LogP contribution in [-0.4, -0.2) is 53.4 Å². The molecule has 0 radical (unpaired) electrons. The van der Waals surface area contributed by atoms with E-state index in [9.17, 15) is 8.42 Å². The lowest BCUT2D eigenvalue weighted by Crippen LogP contribution is -2.33. The van der Waals surface area contributed by atoms with Crippen LogP contribution >= 0.6 is 0 Å². The molecule has 7 nitrogen and oxygen atoms in total. The summed E-state index contributed by atoms with van der Waals surface area (Å²) in [5, 5.41) is 6.62. The number of aryl methyl sites for hydroxylation is 1. The predicted octanol–water partition coefficient (Wildman–Crippen LogP) is 0.0537. The van der Waals surface area contributed by atoms with Gasteiger partial charge in [-0.25, -0.2) is 13.4 Å². The van der Waals surface area contributed by atoms with Crippen molar-refractivity contribution >= 4 is 10.0 Å². The van der Waals surface area contributed by atoms with Crippen molar-refractivity contribution in [2.45, 2.75) is 32.4 Å². The third-order valence-corrected chi connectivity index (χ3v) is 4.77. The fourth-order valence-electron chi connectivity index (χ4n) is 1.90. The molecule has 1 aliphatic heterocycles. The Morgan fingerprint density at radius 1 is 1.56 bits per heavy atom. The molecule has 1 aromatic heterocycles. The fourth-order valence-corrected chi connectivity index (χ4v) is 3.19. The summed E-state index contributed by atoms with van der Waals surface area (Å²) in [6.45, 7) is 2.61. The van der Waals surface area contributed by atoms with Gasteiger partial charge in [-0.05, 0) is 19.8 Å². The molecule has 1 N–H and O–H groups in total. The van der Waals surface area contributed by atoms with Crippen LogP contribution in [0, 0.1) is 6.92 Å². The maximum atomic E-state index is 12.1. The summed E-state index contributed by atoms with van der Waals surface area (Å²) in [6, 6.07) is 0. The largest absolute Gasteiger partial charge is 0.377 e. The maximum Gasteiger partial charge on any atom is 0.216 e. The monoisotopic (exact) mass is 274 g/mol. The van der Waals surface area contributed by atoms with Gasteiger partial charge in [0.05, 0.1) is 18.4 Å². The summed E-state index contributed by atoms with van der Waals surface area (Å²) in [5.41, 5.74) is 0. The Kier molecular flexibility index (Phi) is 3.98. The van der Waals surface area contributed by atoms with Gasteiger partial charge in [0, 0.05) is 13.7 Å². The second-order valence-corrected chi connectivity index (χ2v) is 6.63. The van der Waals surface area contributed by atoms with E-state index >= 15 is 0 Å². The Morgan fingerprint density at radius 2 is 2.33 bits per heavy atom. The molecule has 1 fully saturated rings. The van der Waals surface area contributed by atoms with E-state index in [0.29, 0.717) is 18.3 Å². The van der Waals surface area contributed by atoms with Crippen molar-refractivity contribution < 1.29 is 13.2 Å². The molecule has 0 saturated carbocycles. The Morgan fingerprint density at radius 3 is 2.89 bits per heavy atom. The molecule has 0 aromatic carbocycles. The van der Waals surface area contributed by atoms with E-state index in [2.05, 4.69) is 15.2 Å². The predicted molar refractivity (Wildman–Crippen MR) is 65.3 cm³/mol.